The molecular weight excluding hydrogens is 340 g/mol. The van der Waals surface area contributed by atoms with Crippen molar-refractivity contribution in [1.82, 2.24) is 10.2 Å². The Kier molecular flexibility index (Phi) is 6.71. The van der Waals surface area contributed by atoms with Gasteiger partial charge in [0, 0.05) is 6.54 Å². The molecule has 5 nitrogen and oxygen atoms in total. The summed E-state index contributed by atoms with van der Waals surface area (Å²) in [6, 6.07) is 16.0. The van der Waals surface area contributed by atoms with Crippen molar-refractivity contribution in [3.8, 4) is 11.5 Å². The van der Waals surface area contributed by atoms with Crippen molar-refractivity contribution in [3.63, 3.8) is 0 Å². The lowest BCUT2D eigenvalue weighted by atomic mass is 10.0. The molecule has 0 radical (unpaired) electrons. The van der Waals surface area contributed by atoms with Crippen LogP contribution in [0.15, 0.2) is 48.5 Å². The molecule has 0 aromatic heterocycles. The fourth-order valence-electron chi connectivity index (χ4n) is 3.48. The molecule has 1 aliphatic rings. The van der Waals surface area contributed by atoms with Gasteiger partial charge in [0.05, 0.1) is 13.2 Å². The smallest absolute Gasteiger partial charge is 0.258 e. The number of likely N-dealkylation sites (tertiary alicyclic amines) is 1. The maximum Gasteiger partial charge on any atom is 0.258 e. The van der Waals surface area contributed by atoms with E-state index >= 15 is 0 Å². The summed E-state index contributed by atoms with van der Waals surface area (Å²) in [6.07, 6.45) is 2.40. The van der Waals surface area contributed by atoms with E-state index in [4.69, 9.17) is 9.47 Å². The number of methoxy groups -OCH3 is 1. The molecule has 144 valence electrons. The number of amides is 1. The van der Waals surface area contributed by atoms with E-state index < -0.39 is 0 Å². The number of carbonyl (C=O) groups excluding carboxylic acids is 1. The standard InChI is InChI=1S/C22H28N2O3/c1-17-7-5-10-20(13-17)27-16-22(25)23-15-21(24-11-3-4-12-24)18-8-6-9-19(14-18)26-2/h5-10,13-14,21H,3-4,11-12,15-16H2,1-2H3,(H,23,25). The highest BCUT2D eigenvalue weighted by Crippen LogP contribution is 2.27. The zero-order valence-electron chi connectivity index (χ0n) is 16.1. The molecule has 5 heteroatoms. The third-order valence-corrected chi connectivity index (χ3v) is 4.91. The third-order valence-electron chi connectivity index (χ3n) is 4.91. The molecule has 1 unspecified atom stereocenters. The van der Waals surface area contributed by atoms with E-state index in [1.807, 2.05) is 43.3 Å². The number of aryl methyl sites for hydroxylation is 1. The summed E-state index contributed by atoms with van der Waals surface area (Å²) < 4.78 is 11.0. The Hall–Kier alpha value is -2.53. The lowest BCUT2D eigenvalue weighted by molar-refractivity contribution is -0.123. The molecule has 3 rings (SSSR count). The summed E-state index contributed by atoms with van der Waals surface area (Å²) in [5.41, 5.74) is 2.27. The van der Waals surface area contributed by atoms with Crippen molar-refractivity contribution in [1.29, 1.82) is 0 Å². The second-order valence-electron chi connectivity index (χ2n) is 6.94. The van der Waals surface area contributed by atoms with Crippen LogP contribution in [0.2, 0.25) is 0 Å². The van der Waals surface area contributed by atoms with Gasteiger partial charge in [0.15, 0.2) is 6.61 Å². The Morgan fingerprint density at radius 1 is 1.11 bits per heavy atom. The SMILES string of the molecule is COc1cccc(C(CNC(=O)COc2cccc(C)c2)N2CCCC2)c1. The van der Waals surface area contributed by atoms with Crippen LogP contribution in [-0.4, -0.2) is 44.2 Å². The lowest BCUT2D eigenvalue weighted by Crippen LogP contribution is -2.38. The Morgan fingerprint density at radius 2 is 1.85 bits per heavy atom. The van der Waals surface area contributed by atoms with Crippen LogP contribution in [0.1, 0.15) is 30.0 Å². The summed E-state index contributed by atoms with van der Waals surface area (Å²) >= 11 is 0. The van der Waals surface area contributed by atoms with Crippen molar-refractivity contribution in [2.75, 3.05) is 33.4 Å². The average Bonchev–Trinajstić information content (AvgIpc) is 3.21. The van der Waals surface area contributed by atoms with Crippen molar-refractivity contribution < 1.29 is 14.3 Å². The molecular formula is C22H28N2O3. The number of carbonyl (C=O) groups is 1. The second-order valence-corrected chi connectivity index (χ2v) is 6.94. The maximum absolute atomic E-state index is 12.3. The minimum Gasteiger partial charge on any atom is -0.497 e. The van der Waals surface area contributed by atoms with Crippen molar-refractivity contribution in [3.05, 3.63) is 59.7 Å². The van der Waals surface area contributed by atoms with Gasteiger partial charge in [-0.1, -0.05) is 24.3 Å². The summed E-state index contributed by atoms with van der Waals surface area (Å²) in [6.45, 7) is 4.69. The van der Waals surface area contributed by atoms with Crippen LogP contribution >= 0.6 is 0 Å². The van der Waals surface area contributed by atoms with E-state index in [-0.39, 0.29) is 18.6 Å². The van der Waals surface area contributed by atoms with Gasteiger partial charge < -0.3 is 14.8 Å². The molecule has 1 N–H and O–H groups in total. The van der Waals surface area contributed by atoms with Crippen molar-refractivity contribution in [2.45, 2.75) is 25.8 Å². The summed E-state index contributed by atoms with van der Waals surface area (Å²) in [7, 11) is 1.67. The monoisotopic (exact) mass is 368 g/mol. The van der Waals surface area contributed by atoms with E-state index in [0.29, 0.717) is 12.3 Å². The van der Waals surface area contributed by atoms with E-state index in [1.165, 1.54) is 12.8 Å². The van der Waals surface area contributed by atoms with Gasteiger partial charge in [0.2, 0.25) is 0 Å². The first-order valence-corrected chi connectivity index (χ1v) is 9.50. The first-order valence-electron chi connectivity index (χ1n) is 9.50. The molecule has 2 aromatic rings. The minimum absolute atomic E-state index is 0.0221. The molecule has 0 saturated carbocycles. The first kappa shape index (κ1) is 19.2. The summed E-state index contributed by atoms with van der Waals surface area (Å²) in [5.74, 6) is 1.45. The Morgan fingerprint density at radius 3 is 2.59 bits per heavy atom. The van der Waals surface area contributed by atoms with E-state index in [0.717, 1.165) is 30.0 Å². The van der Waals surface area contributed by atoms with Gasteiger partial charge in [0.25, 0.3) is 5.91 Å². The highest BCUT2D eigenvalue weighted by Gasteiger charge is 2.24. The number of rotatable bonds is 8. The lowest BCUT2D eigenvalue weighted by Gasteiger charge is -2.28. The van der Waals surface area contributed by atoms with Crippen LogP contribution in [0, 0.1) is 6.92 Å². The molecule has 0 spiro atoms. The van der Waals surface area contributed by atoms with Crippen LogP contribution in [-0.2, 0) is 4.79 Å². The van der Waals surface area contributed by atoms with Crippen LogP contribution < -0.4 is 14.8 Å². The van der Waals surface area contributed by atoms with Gasteiger partial charge in [-0.3, -0.25) is 9.69 Å². The summed E-state index contributed by atoms with van der Waals surface area (Å²) in [5, 5.41) is 3.03. The molecule has 2 aromatic carbocycles. The second kappa shape index (κ2) is 9.42. The zero-order valence-corrected chi connectivity index (χ0v) is 16.1. The van der Waals surface area contributed by atoms with Gasteiger partial charge in [0.1, 0.15) is 11.5 Å². The van der Waals surface area contributed by atoms with Crippen molar-refractivity contribution in [2.24, 2.45) is 0 Å². The number of benzene rings is 2. The molecule has 1 heterocycles. The topological polar surface area (TPSA) is 50.8 Å². The van der Waals surface area contributed by atoms with E-state index in [9.17, 15) is 4.79 Å². The van der Waals surface area contributed by atoms with Crippen LogP contribution in [0.25, 0.3) is 0 Å². The molecule has 1 amide bonds. The van der Waals surface area contributed by atoms with Crippen molar-refractivity contribution >= 4 is 5.91 Å². The van der Waals surface area contributed by atoms with Gasteiger partial charge in [-0.2, -0.15) is 0 Å². The molecule has 0 bridgehead atoms. The highest BCUT2D eigenvalue weighted by atomic mass is 16.5. The predicted octanol–water partition coefficient (Wildman–Crippen LogP) is 3.34. The van der Waals surface area contributed by atoms with E-state index in [2.05, 4.69) is 22.3 Å². The Bertz CT molecular complexity index is 757. The van der Waals surface area contributed by atoms with Gasteiger partial charge >= 0.3 is 0 Å². The third kappa shape index (κ3) is 5.47. The minimum atomic E-state index is -0.108. The van der Waals surface area contributed by atoms with Gasteiger partial charge in [-0.05, 0) is 68.2 Å². The molecule has 27 heavy (non-hydrogen) atoms. The average molecular weight is 368 g/mol. The van der Waals surface area contributed by atoms with Gasteiger partial charge in [-0.25, -0.2) is 0 Å². The normalized spacial score (nSPS) is 15.3. The first-order chi connectivity index (χ1) is 13.2. The Labute approximate surface area is 161 Å². The van der Waals surface area contributed by atoms with Crippen LogP contribution in [0.5, 0.6) is 11.5 Å². The zero-order chi connectivity index (χ0) is 19.1. The fraction of sp³-hybridized carbons (Fsp3) is 0.409. The predicted molar refractivity (Wildman–Crippen MR) is 106 cm³/mol. The van der Waals surface area contributed by atoms with Gasteiger partial charge in [-0.15, -0.1) is 0 Å². The molecule has 1 fully saturated rings. The van der Waals surface area contributed by atoms with E-state index in [1.54, 1.807) is 7.11 Å². The number of hydrogen-bond acceptors (Lipinski definition) is 4. The number of ether oxygens (including phenoxy) is 2. The molecule has 1 atom stereocenters. The van der Waals surface area contributed by atoms with Crippen LogP contribution in [0.3, 0.4) is 0 Å². The quantitative estimate of drug-likeness (QED) is 0.776. The maximum atomic E-state index is 12.3. The largest absolute Gasteiger partial charge is 0.497 e. The number of hydrogen-bond donors (Lipinski definition) is 1. The fourth-order valence-corrected chi connectivity index (χ4v) is 3.48. The Balaban J connectivity index is 1.59. The number of nitrogens with one attached hydrogen (secondary N) is 1. The van der Waals surface area contributed by atoms with Crippen LogP contribution in [0.4, 0.5) is 0 Å². The molecule has 0 aliphatic carbocycles. The highest BCUT2D eigenvalue weighted by molar-refractivity contribution is 5.77. The molecule has 1 aliphatic heterocycles. The summed E-state index contributed by atoms with van der Waals surface area (Å²) in [4.78, 5) is 14.7. The molecule has 1 saturated heterocycles. The number of nitrogens with zero attached hydrogens (tertiary/aromatic N) is 1.